The first-order valence-electron chi connectivity index (χ1n) is 9.34. The molecule has 1 amide bonds. The summed E-state index contributed by atoms with van der Waals surface area (Å²) < 4.78 is 20.4. The molecule has 0 aliphatic carbocycles. The Morgan fingerprint density at radius 3 is 2.76 bits per heavy atom. The van der Waals surface area contributed by atoms with Crippen molar-refractivity contribution in [2.45, 2.75) is 19.8 Å². The summed E-state index contributed by atoms with van der Waals surface area (Å²) in [7, 11) is 0. The minimum absolute atomic E-state index is 0.112. The van der Waals surface area contributed by atoms with Crippen LogP contribution < -0.4 is 10.1 Å². The van der Waals surface area contributed by atoms with E-state index in [1.807, 2.05) is 43.5 Å². The predicted octanol–water partition coefficient (Wildman–Crippen LogP) is 5.37. The maximum absolute atomic E-state index is 14.6. The number of aromatic amines is 1. The van der Waals surface area contributed by atoms with Gasteiger partial charge >= 0.3 is 0 Å². The van der Waals surface area contributed by atoms with E-state index in [0.29, 0.717) is 17.8 Å². The number of nitrogens with one attached hydrogen (secondary N) is 2. The fraction of sp³-hybridized carbons (Fsp3) is 0.130. The Kier molecular flexibility index (Phi) is 5.24. The number of amides is 1. The summed E-state index contributed by atoms with van der Waals surface area (Å²) in [6.45, 7) is 1.94. The first-order valence-corrected chi connectivity index (χ1v) is 9.34. The van der Waals surface area contributed by atoms with Gasteiger partial charge in [0.2, 0.25) is 5.91 Å². The SMILES string of the molecule is Cc1c[nH]c2nccc(Oc3ccc(CCC(=O)Nc4ccccc4)cc3F)c12. The quantitative estimate of drug-likeness (QED) is 0.466. The van der Waals surface area contributed by atoms with Crippen molar-refractivity contribution >= 4 is 22.6 Å². The number of anilines is 1. The van der Waals surface area contributed by atoms with Crippen molar-refractivity contribution in [1.82, 2.24) is 9.97 Å². The van der Waals surface area contributed by atoms with E-state index in [9.17, 15) is 9.18 Å². The highest BCUT2D eigenvalue weighted by Gasteiger charge is 2.12. The number of benzene rings is 2. The number of rotatable bonds is 6. The Morgan fingerprint density at radius 2 is 1.97 bits per heavy atom. The number of pyridine rings is 1. The molecular formula is C23H20FN3O2. The van der Waals surface area contributed by atoms with Crippen molar-refractivity contribution in [2.75, 3.05) is 5.32 Å². The number of aromatic nitrogens is 2. The van der Waals surface area contributed by atoms with Crippen LogP contribution in [0.1, 0.15) is 17.5 Å². The summed E-state index contributed by atoms with van der Waals surface area (Å²) in [4.78, 5) is 19.4. The third-order valence-electron chi connectivity index (χ3n) is 4.65. The molecule has 0 fully saturated rings. The molecule has 0 bridgehead atoms. The van der Waals surface area contributed by atoms with Gasteiger partial charge in [0.05, 0.1) is 5.39 Å². The van der Waals surface area contributed by atoms with E-state index < -0.39 is 5.82 Å². The van der Waals surface area contributed by atoms with Gasteiger partial charge in [-0.3, -0.25) is 4.79 Å². The number of H-pyrrole nitrogens is 1. The molecule has 2 aromatic heterocycles. The van der Waals surface area contributed by atoms with E-state index in [2.05, 4.69) is 15.3 Å². The lowest BCUT2D eigenvalue weighted by Gasteiger charge is -2.10. The molecule has 4 aromatic rings. The van der Waals surface area contributed by atoms with Crippen LogP contribution in [-0.4, -0.2) is 15.9 Å². The molecule has 29 heavy (non-hydrogen) atoms. The summed E-state index contributed by atoms with van der Waals surface area (Å²) in [5, 5.41) is 3.65. The molecule has 146 valence electrons. The monoisotopic (exact) mass is 389 g/mol. The predicted molar refractivity (Wildman–Crippen MR) is 111 cm³/mol. The summed E-state index contributed by atoms with van der Waals surface area (Å²) in [6.07, 6.45) is 4.16. The summed E-state index contributed by atoms with van der Waals surface area (Å²) in [6, 6.07) is 15.7. The largest absolute Gasteiger partial charge is 0.453 e. The Hall–Kier alpha value is -3.67. The maximum atomic E-state index is 14.6. The molecule has 2 N–H and O–H groups in total. The van der Waals surface area contributed by atoms with Crippen LogP contribution >= 0.6 is 0 Å². The standard InChI is InChI=1S/C23H20FN3O2/c1-15-14-26-23-22(15)20(11-12-25-23)29-19-9-7-16(13-18(19)24)8-10-21(28)27-17-5-3-2-4-6-17/h2-7,9,11-14H,8,10H2,1H3,(H,25,26)(H,27,28). The topological polar surface area (TPSA) is 67.0 Å². The number of halogens is 1. The van der Waals surface area contributed by atoms with Crippen molar-refractivity contribution in [2.24, 2.45) is 0 Å². The first-order chi connectivity index (χ1) is 14.1. The van der Waals surface area contributed by atoms with Crippen LogP contribution in [0, 0.1) is 12.7 Å². The van der Waals surface area contributed by atoms with Gasteiger partial charge in [-0.2, -0.15) is 0 Å². The maximum Gasteiger partial charge on any atom is 0.224 e. The van der Waals surface area contributed by atoms with Gasteiger partial charge in [0.25, 0.3) is 0 Å². The van der Waals surface area contributed by atoms with Crippen LogP contribution in [0.4, 0.5) is 10.1 Å². The van der Waals surface area contributed by atoms with Gasteiger partial charge < -0.3 is 15.0 Å². The van der Waals surface area contributed by atoms with Gasteiger partial charge in [0.15, 0.2) is 11.6 Å². The number of aryl methyl sites for hydroxylation is 2. The minimum Gasteiger partial charge on any atom is -0.453 e. The van der Waals surface area contributed by atoms with Crippen molar-refractivity contribution in [3.63, 3.8) is 0 Å². The van der Waals surface area contributed by atoms with Crippen LogP contribution in [0.2, 0.25) is 0 Å². The average molecular weight is 389 g/mol. The molecule has 6 heteroatoms. The number of hydrogen-bond donors (Lipinski definition) is 2. The molecule has 2 aromatic carbocycles. The normalized spacial score (nSPS) is 10.8. The van der Waals surface area contributed by atoms with E-state index in [4.69, 9.17) is 4.74 Å². The zero-order chi connectivity index (χ0) is 20.2. The van der Waals surface area contributed by atoms with Gasteiger partial charge in [0, 0.05) is 24.5 Å². The van der Waals surface area contributed by atoms with Gasteiger partial charge in [-0.25, -0.2) is 9.37 Å². The molecular weight excluding hydrogens is 369 g/mol. The number of para-hydroxylation sites is 1. The smallest absolute Gasteiger partial charge is 0.224 e. The van der Waals surface area contributed by atoms with Gasteiger partial charge in [-0.05, 0) is 54.8 Å². The molecule has 4 rings (SSSR count). The Balaban J connectivity index is 1.42. The lowest BCUT2D eigenvalue weighted by Crippen LogP contribution is -2.12. The molecule has 0 saturated carbocycles. The second-order valence-electron chi connectivity index (χ2n) is 6.79. The molecule has 0 unspecified atom stereocenters. The number of ether oxygens (including phenoxy) is 1. The van der Waals surface area contributed by atoms with Crippen molar-refractivity contribution in [1.29, 1.82) is 0 Å². The average Bonchev–Trinajstić information content (AvgIpc) is 3.11. The number of carbonyl (C=O) groups is 1. The molecule has 0 aliphatic rings. The van der Waals surface area contributed by atoms with Gasteiger partial charge in [-0.1, -0.05) is 24.3 Å². The van der Waals surface area contributed by atoms with Crippen LogP contribution in [0.5, 0.6) is 11.5 Å². The van der Waals surface area contributed by atoms with Crippen molar-refractivity contribution < 1.29 is 13.9 Å². The summed E-state index contributed by atoms with van der Waals surface area (Å²) in [5.41, 5.74) is 3.15. The van der Waals surface area contributed by atoms with Crippen LogP contribution in [0.25, 0.3) is 11.0 Å². The van der Waals surface area contributed by atoms with Crippen molar-refractivity contribution in [3.8, 4) is 11.5 Å². The third-order valence-corrected chi connectivity index (χ3v) is 4.65. The highest BCUT2D eigenvalue weighted by molar-refractivity contribution is 5.90. The molecule has 0 atom stereocenters. The molecule has 0 aliphatic heterocycles. The lowest BCUT2D eigenvalue weighted by atomic mass is 10.1. The molecule has 0 saturated heterocycles. The summed E-state index contributed by atoms with van der Waals surface area (Å²) in [5.74, 6) is 0.0985. The number of carbonyl (C=O) groups excluding carboxylic acids is 1. The zero-order valence-electron chi connectivity index (χ0n) is 15.9. The van der Waals surface area contributed by atoms with E-state index >= 15 is 0 Å². The second kappa shape index (κ2) is 8.14. The Morgan fingerprint density at radius 1 is 1.14 bits per heavy atom. The number of nitrogens with zero attached hydrogens (tertiary/aromatic N) is 1. The Labute approximate surface area is 167 Å². The fourth-order valence-corrected chi connectivity index (χ4v) is 3.17. The minimum atomic E-state index is -0.468. The first kappa shape index (κ1) is 18.7. The van der Waals surface area contributed by atoms with Crippen molar-refractivity contribution in [3.05, 3.63) is 83.9 Å². The van der Waals surface area contributed by atoms with Crippen LogP contribution in [-0.2, 0) is 11.2 Å². The van der Waals surface area contributed by atoms with E-state index in [1.54, 1.807) is 24.4 Å². The highest BCUT2D eigenvalue weighted by atomic mass is 19.1. The third kappa shape index (κ3) is 4.27. The second-order valence-corrected chi connectivity index (χ2v) is 6.79. The fourth-order valence-electron chi connectivity index (χ4n) is 3.17. The Bertz CT molecular complexity index is 1160. The van der Waals surface area contributed by atoms with Crippen LogP contribution in [0.3, 0.4) is 0 Å². The van der Waals surface area contributed by atoms with Gasteiger partial charge in [0.1, 0.15) is 11.4 Å². The van der Waals surface area contributed by atoms with E-state index in [-0.39, 0.29) is 18.1 Å². The molecule has 0 spiro atoms. The van der Waals surface area contributed by atoms with Gasteiger partial charge in [-0.15, -0.1) is 0 Å². The molecule has 2 heterocycles. The van der Waals surface area contributed by atoms with E-state index in [1.165, 1.54) is 6.07 Å². The van der Waals surface area contributed by atoms with Crippen LogP contribution in [0.15, 0.2) is 67.0 Å². The molecule has 5 nitrogen and oxygen atoms in total. The lowest BCUT2D eigenvalue weighted by molar-refractivity contribution is -0.116. The van der Waals surface area contributed by atoms with E-state index in [0.717, 1.165) is 22.2 Å². The highest BCUT2D eigenvalue weighted by Crippen LogP contribution is 2.32. The zero-order valence-corrected chi connectivity index (χ0v) is 15.9. The molecule has 0 radical (unpaired) electrons. The number of hydrogen-bond acceptors (Lipinski definition) is 3. The summed E-state index contributed by atoms with van der Waals surface area (Å²) >= 11 is 0. The number of fused-ring (bicyclic) bond motifs is 1.